The van der Waals surface area contributed by atoms with Crippen molar-refractivity contribution in [2.45, 2.75) is 19.4 Å². The standard InChI is InChI=1S/C14H14BrClFNS/c1-2-7-18-13(9-5-3-4-6-11(9)17)12-8-10(15)14(16)19-12/h3-6,8,13,18H,2,7H2,1H3. The minimum Gasteiger partial charge on any atom is -0.306 e. The van der Waals surface area contributed by atoms with Gasteiger partial charge in [-0.3, -0.25) is 0 Å². The molecule has 2 rings (SSSR count). The second-order valence-electron chi connectivity index (χ2n) is 4.18. The van der Waals surface area contributed by atoms with Crippen LogP contribution in [-0.2, 0) is 0 Å². The lowest BCUT2D eigenvalue weighted by Crippen LogP contribution is -2.23. The van der Waals surface area contributed by atoms with Crippen LogP contribution in [0.2, 0.25) is 4.34 Å². The highest BCUT2D eigenvalue weighted by Crippen LogP contribution is 2.37. The predicted octanol–water partition coefficient (Wildman–Crippen LogP) is 5.39. The number of rotatable bonds is 5. The van der Waals surface area contributed by atoms with Crippen molar-refractivity contribution in [3.63, 3.8) is 0 Å². The Kier molecular flexibility index (Phi) is 5.39. The number of nitrogens with one attached hydrogen (secondary N) is 1. The summed E-state index contributed by atoms with van der Waals surface area (Å²) in [7, 11) is 0. The highest BCUT2D eigenvalue weighted by atomic mass is 79.9. The first-order valence-corrected chi connectivity index (χ1v) is 8.04. The Morgan fingerprint density at radius 3 is 2.74 bits per heavy atom. The molecule has 5 heteroatoms. The van der Waals surface area contributed by atoms with Gasteiger partial charge in [0.2, 0.25) is 0 Å². The van der Waals surface area contributed by atoms with Gasteiger partial charge in [-0.2, -0.15) is 0 Å². The van der Waals surface area contributed by atoms with Gasteiger partial charge in [0, 0.05) is 14.9 Å². The summed E-state index contributed by atoms with van der Waals surface area (Å²) in [6.45, 7) is 2.91. The van der Waals surface area contributed by atoms with Gasteiger partial charge < -0.3 is 5.32 Å². The largest absolute Gasteiger partial charge is 0.306 e. The zero-order valence-electron chi connectivity index (χ0n) is 10.4. The van der Waals surface area contributed by atoms with E-state index in [1.54, 1.807) is 6.07 Å². The van der Waals surface area contributed by atoms with E-state index < -0.39 is 0 Å². The number of thiophene rings is 1. The van der Waals surface area contributed by atoms with Gasteiger partial charge >= 0.3 is 0 Å². The molecule has 1 nitrogen and oxygen atoms in total. The van der Waals surface area contributed by atoms with Crippen molar-refractivity contribution in [3.05, 3.63) is 55.4 Å². The summed E-state index contributed by atoms with van der Waals surface area (Å²) in [5, 5.41) is 3.37. The van der Waals surface area contributed by atoms with Crippen molar-refractivity contribution in [1.82, 2.24) is 5.32 Å². The van der Waals surface area contributed by atoms with Crippen molar-refractivity contribution in [2.75, 3.05) is 6.54 Å². The molecule has 0 aliphatic rings. The first-order chi connectivity index (χ1) is 9.13. The average molecular weight is 363 g/mol. The summed E-state index contributed by atoms with van der Waals surface area (Å²) in [6, 6.07) is 8.64. The van der Waals surface area contributed by atoms with E-state index in [0.717, 1.165) is 22.3 Å². The van der Waals surface area contributed by atoms with Gasteiger partial charge in [-0.05, 0) is 41.0 Å². The molecule has 1 N–H and O–H groups in total. The molecule has 1 heterocycles. The second-order valence-corrected chi connectivity index (χ2v) is 6.72. The van der Waals surface area contributed by atoms with E-state index in [4.69, 9.17) is 11.6 Å². The molecule has 1 aromatic heterocycles. The minimum atomic E-state index is -0.197. The lowest BCUT2D eigenvalue weighted by atomic mass is 10.0. The second kappa shape index (κ2) is 6.84. The monoisotopic (exact) mass is 361 g/mol. The van der Waals surface area contributed by atoms with Crippen molar-refractivity contribution >= 4 is 38.9 Å². The minimum absolute atomic E-state index is 0.157. The van der Waals surface area contributed by atoms with Crippen LogP contribution in [0.5, 0.6) is 0 Å². The molecule has 0 fully saturated rings. The molecule has 0 aliphatic heterocycles. The first kappa shape index (κ1) is 15.0. The Hall–Kier alpha value is -0.420. The molecule has 1 atom stereocenters. The van der Waals surface area contributed by atoms with Crippen molar-refractivity contribution in [3.8, 4) is 0 Å². The molecule has 0 spiro atoms. The Labute approximate surface area is 129 Å². The van der Waals surface area contributed by atoms with E-state index in [9.17, 15) is 4.39 Å². The van der Waals surface area contributed by atoms with Crippen LogP contribution >= 0.6 is 38.9 Å². The Balaban J connectivity index is 2.38. The molecule has 0 saturated carbocycles. The van der Waals surface area contributed by atoms with Crippen molar-refractivity contribution in [1.29, 1.82) is 0 Å². The van der Waals surface area contributed by atoms with Crippen molar-refractivity contribution < 1.29 is 4.39 Å². The molecule has 0 saturated heterocycles. The van der Waals surface area contributed by atoms with Crippen LogP contribution in [0.4, 0.5) is 4.39 Å². The van der Waals surface area contributed by atoms with Crippen LogP contribution < -0.4 is 5.32 Å². The topological polar surface area (TPSA) is 12.0 Å². The van der Waals surface area contributed by atoms with Crippen LogP contribution in [0.3, 0.4) is 0 Å². The Bertz CT molecular complexity index is 539. The third kappa shape index (κ3) is 3.57. The molecule has 1 unspecified atom stereocenters. The van der Waals surface area contributed by atoms with E-state index >= 15 is 0 Å². The summed E-state index contributed by atoms with van der Waals surface area (Å²) >= 11 is 11.0. The summed E-state index contributed by atoms with van der Waals surface area (Å²) in [4.78, 5) is 1.01. The van der Waals surface area contributed by atoms with Gasteiger partial charge in [0.1, 0.15) is 10.2 Å². The Morgan fingerprint density at radius 1 is 1.42 bits per heavy atom. The molecule has 19 heavy (non-hydrogen) atoms. The fraction of sp³-hybridized carbons (Fsp3) is 0.286. The Morgan fingerprint density at radius 2 is 2.16 bits per heavy atom. The van der Waals surface area contributed by atoms with Crippen LogP contribution in [-0.4, -0.2) is 6.54 Å². The van der Waals surface area contributed by atoms with Gasteiger partial charge in [0.25, 0.3) is 0 Å². The maximum atomic E-state index is 14.0. The molecule has 102 valence electrons. The first-order valence-electron chi connectivity index (χ1n) is 6.06. The number of hydrogen-bond donors (Lipinski definition) is 1. The molecule has 0 radical (unpaired) electrons. The zero-order valence-corrected chi connectivity index (χ0v) is 13.6. The smallest absolute Gasteiger partial charge is 0.128 e. The van der Waals surface area contributed by atoms with Gasteiger partial charge in [-0.25, -0.2) is 4.39 Å². The van der Waals surface area contributed by atoms with Crippen LogP contribution in [0.25, 0.3) is 0 Å². The summed E-state index contributed by atoms with van der Waals surface area (Å²) in [5.74, 6) is -0.197. The quantitative estimate of drug-likeness (QED) is 0.751. The molecular weight excluding hydrogens is 349 g/mol. The van der Waals surface area contributed by atoms with Crippen molar-refractivity contribution in [2.24, 2.45) is 0 Å². The van der Waals surface area contributed by atoms with E-state index in [2.05, 4.69) is 28.2 Å². The molecule has 2 aromatic rings. The van der Waals surface area contributed by atoms with Crippen LogP contribution in [0.1, 0.15) is 29.8 Å². The van der Waals surface area contributed by atoms with E-state index in [1.165, 1.54) is 17.4 Å². The summed E-state index contributed by atoms with van der Waals surface area (Å²) < 4.78 is 15.5. The lowest BCUT2D eigenvalue weighted by molar-refractivity contribution is 0.551. The fourth-order valence-electron chi connectivity index (χ4n) is 1.87. The SMILES string of the molecule is CCCNC(c1cc(Br)c(Cl)s1)c1ccccc1F. The zero-order chi connectivity index (χ0) is 13.8. The normalized spacial score (nSPS) is 12.6. The predicted molar refractivity (Wildman–Crippen MR) is 83.6 cm³/mol. The summed E-state index contributed by atoms with van der Waals surface area (Å²) in [5.41, 5.74) is 0.654. The lowest BCUT2D eigenvalue weighted by Gasteiger charge is -2.18. The van der Waals surface area contributed by atoms with Gasteiger partial charge in [-0.15, -0.1) is 11.3 Å². The average Bonchev–Trinajstić information content (AvgIpc) is 2.72. The van der Waals surface area contributed by atoms with Gasteiger partial charge in [-0.1, -0.05) is 36.7 Å². The molecule has 0 bridgehead atoms. The molecule has 0 amide bonds. The van der Waals surface area contributed by atoms with E-state index in [-0.39, 0.29) is 11.9 Å². The maximum Gasteiger partial charge on any atom is 0.128 e. The highest BCUT2D eigenvalue weighted by molar-refractivity contribution is 9.10. The maximum absolute atomic E-state index is 14.0. The number of benzene rings is 1. The van der Waals surface area contributed by atoms with Gasteiger partial charge in [0.05, 0.1) is 6.04 Å². The van der Waals surface area contributed by atoms with Crippen LogP contribution in [0, 0.1) is 5.82 Å². The fourth-order valence-corrected chi connectivity index (χ4v) is 3.70. The molecular formula is C14H14BrClFNS. The van der Waals surface area contributed by atoms with Crippen LogP contribution in [0.15, 0.2) is 34.8 Å². The highest BCUT2D eigenvalue weighted by Gasteiger charge is 2.20. The molecule has 1 aromatic carbocycles. The van der Waals surface area contributed by atoms with E-state index in [0.29, 0.717) is 9.90 Å². The third-order valence-corrected chi connectivity index (χ3v) is 5.30. The third-order valence-electron chi connectivity index (χ3n) is 2.76. The number of halogens is 3. The number of hydrogen-bond acceptors (Lipinski definition) is 2. The summed E-state index contributed by atoms with van der Waals surface area (Å²) in [6.07, 6.45) is 0.991. The van der Waals surface area contributed by atoms with Gasteiger partial charge in [0.15, 0.2) is 0 Å². The molecule has 0 aliphatic carbocycles. The van der Waals surface area contributed by atoms with E-state index in [1.807, 2.05) is 18.2 Å².